The van der Waals surface area contributed by atoms with Crippen LogP contribution < -0.4 is 5.32 Å². The largest absolute Gasteiger partial charge is 0.348 e. The number of nitrogens with one attached hydrogen (secondary N) is 1. The van der Waals surface area contributed by atoms with Gasteiger partial charge in [-0.1, -0.05) is 36.8 Å². The number of likely N-dealkylation sites (tertiary alicyclic amines) is 1. The molecule has 1 aliphatic heterocycles. The fourth-order valence-electron chi connectivity index (χ4n) is 3.07. The molecule has 2 aromatic rings. The fourth-order valence-corrected chi connectivity index (χ4v) is 3.78. The Bertz CT molecular complexity index is 635. The molecule has 1 aromatic carbocycles. The van der Waals surface area contributed by atoms with Gasteiger partial charge in [0.25, 0.3) is 5.91 Å². The van der Waals surface area contributed by atoms with Crippen LogP contribution in [-0.2, 0) is 0 Å². The lowest BCUT2D eigenvalue weighted by atomic mass is 10.1. The normalized spacial score (nSPS) is 16.9. The van der Waals surface area contributed by atoms with E-state index in [1.807, 2.05) is 30.3 Å². The molecule has 2 heterocycles. The van der Waals surface area contributed by atoms with Crippen LogP contribution in [0.1, 0.15) is 35.9 Å². The van der Waals surface area contributed by atoms with Gasteiger partial charge in [0.2, 0.25) is 0 Å². The number of carbonyl (C=O) groups excluding carboxylic acids is 1. The summed E-state index contributed by atoms with van der Waals surface area (Å²) in [5.41, 5.74) is 3.51. The van der Waals surface area contributed by atoms with Crippen LogP contribution in [0.25, 0.3) is 11.3 Å². The molecule has 1 fully saturated rings. The molecule has 122 valence electrons. The number of benzene rings is 1. The molecular weight excluding hydrogens is 306 g/mol. The predicted molar refractivity (Wildman–Crippen MR) is 94.8 cm³/mol. The van der Waals surface area contributed by atoms with Gasteiger partial charge in [0.05, 0.1) is 11.2 Å². The Balaban J connectivity index is 1.63. The number of piperidine rings is 1. The second-order valence-electron chi connectivity index (χ2n) is 6.13. The predicted octanol–water partition coefficient (Wildman–Crippen LogP) is 3.41. The topological polar surface area (TPSA) is 45.2 Å². The molecular formula is C18H23N3OS. The third-order valence-electron chi connectivity index (χ3n) is 4.18. The van der Waals surface area contributed by atoms with Crippen molar-refractivity contribution in [2.75, 3.05) is 19.6 Å². The maximum Gasteiger partial charge on any atom is 0.263 e. The van der Waals surface area contributed by atoms with Gasteiger partial charge in [-0.05, 0) is 32.9 Å². The molecule has 1 amide bonds. The summed E-state index contributed by atoms with van der Waals surface area (Å²) in [6, 6.07) is 10.0. The van der Waals surface area contributed by atoms with Crippen LogP contribution in [0.15, 0.2) is 35.8 Å². The van der Waals surface area contributed by atoms with E-state index >= 15 is 0 Å². The van der Waals surface area contributed by atoms with E-state index in [-0.39, 0.29) is 11.9 Å². The second kappa shape index (κ2) is 7.70. The van der Waals surface area contributed by atoms with Crippen molar-refractivity contribution in [3.05, 3.63) is 40.7 Å². The van der Waals surface area contributed by atoms with Crippen molar-refractivity contribution < 1.29 is 4.79 Å². The lowest BCUT2D eigenvalue weighted by Gasteiger charge is -2.29. The molecule has 23 heavy (non-hydrogen) atoms. The standard InChI is InChI=1S/C18H23N3OS/c1-14(12-21-10-6-3-7-11-21)20-18(22)17-16(19-13-23-17)15-8-4-2-5-9-15/h2,4-5,8-9,13-14H,3,6-7,10-12H2,1H3,(H,20,22). The molecule has 0 radical (unpaired) electrons. The van der Waals surface area contributed by atoms with Crippen LogP contribution in [0.4, 0.5) is 0 Å². The molecule has 1 unspecified atom stereocenters. The number of rotatable bonds is 5. The maximum atomic E-state index is 12.6. The first-order valence-corrected chi connectivity index (χ1v) is 9.14. The van der Waals surface area contributed by atoms with Crippen LogP contribution >= 0.6 is 11.3 Å². The van der Waals surface area contributed by atoms with Gasteiger partial charge in [-0.2, -0.15) is 0 Å². The average molecular weight is 329 g/mol. The van der Waals surface area contributed by atoms with Crippen molar-refractivity contribution in [2.45, 2.75) is 32.2 Å². The van der Waals surface area contributed by atoms with E-state index in [1.165, 1.54) is 30.6 Å². The molecule has 0 saturated carbocycles. The summed E-state index contributed by atoms with van der Waals surface area (Å²) in [4.78, 5) is 20.1. The van der Waals surface area contributed by atoms with Crippen LogP contribution in [0.5, 0.6) is 0 Å². The summed E-state index contributed by atoms with van der Waals surface area (Å²) >= 11 is 1.40. The van der Waals surface area contributed by atoms with Gasteiger partial charge in [0.15, 0.2) is 0 Å². The number of nitrogens with zero attached hydrogens (tertiary/aromatic N) is 2. The molecule has 4 nitrogen and oxygen atoms in total. The molecule has 0 bridgehead atoms. The summed E-state index contributed by atoms with van der Waals surface area (Å²) in [5.74, 6) is -0.0177. The summed E-state index contributed by atoms with van der Waals surface area (Å²) < 4.78 is 0. The lowest BCUT2D eigenvalue weighted by molar-refractivity contribution is 0.0930. The second-order valence-corrected chi connectivity index (χ2v) is 6.99. The van der Waals surface area contributed by atoms with Crippen molar-refractivity contribution >= 4 is 17.2 Å². The Kier molecular flexibility index (Phi) is 5.41. The number of amides is 1. The van der Waals surface area contributed by atoms with Crippen molar-refractivity contribution in [1.29, 1.82) is 0 Å². The highest BCUT2D eigenvalue weighted by atomic mass is 32.1. The molecule has 3 rings (SSSR count). The first-order chi connectivity index (χ1) is 11.2. The third kappa shape index (κ3) is 4.18. The van der Waals surface area contributed by atoms with Gasteiger partial charge in [0.1, 0.15) is 4.88 Å². The van der Waals surface area contributed by atoms with E-state index in [9.17, 15) is 4.79 Å². The monoisotopic (exact) mass is 329 g/mol. The Morgan fingerprint density at radius 3 is 2.74 bits per heavy atom. The summed E-state index contributed by atoms with van der Waals surface area (Å²) in [6.07, 6.45) is 3.87. The van der Waals surface area contributed by atoms with Crippen molar-refractivity contribution in [3.8, 4) is 11.3 Å². The summed E-state index contributed by atoms with van der Waals surface area (Å²) in [7, 11) is 0. The first-order valence-electron chi connectivity index (χ1n) is 8.26. The SMILES string of the molecule is CC(CN1CCCCC1)NC(=O)c1scnc1-c1ccccc1. The Labute approximate surface area is 141 Å². The molecule has 1 atom stereocenters. The van der Waals surface area contributed by atoms with E-state index in [2.05, 4.69) is 22.1 Å². The molecule has 1 aromatic heterocycles. The Morgan fingerprint density at radius 1 is 1.26 bits per heavy atom. The quantitative estimate of drug-likeness (QED) is 0.914. The smallest absolute Gasteiger partial charge is 0.263 e. The zero-order valence-electron chi connectivity index (χ0n) is 13.5. The van der Waals surface area contributed by atoms with Crippen molar-refractivity contribution in [1.82, 2.24) is 15.2 Å². The van der Waals surface area contributed by atoms with Crippen LogP contribution in [0.2, 0.25) is 0 Å². The number of thiazole rings is 1. The fraction of sp³-hybridized carbons (Fsp3) is 0.444. The minimum absolute atomic E-state index is 0.0177. The van der Waals surface area contributed by atoms with Crippen molar-refractivity contribution in [2.24, 2.45) is 0 Å². The van der Waals surface area contributed by atoms with Gasteiger partial charge in [-0.15, -0.1) is 11.3 Å². The van der Waals surface area contributed by atoms with Gasteiger partial charge in [-0.25, -0.2) is 4.98 Å². The maximum absolute atomic E-state index is 12.6. The molecule has 1 aliphatic rings. The van der Waals surface area contributed by atoms with Gasteiger partial charge in [-0.3, -0.25) is 4.79 Å². The number of aromatic nitrogens is 1. The van der Waals surface area contributed by atoms with Crippen molar-refractivity contribution in [3.63, 3.8) is 0 Å². The Morgan fingerprint density at radius 2 is 2.00 bits per heavy atom. The van der Waals surface area contributed by atoms with Crippen LogP contribution in [0, 0.1) is 0 Å². The van der Waals surface area contributed by atoms with Crippen LogP contribution in [0.3, 0.4) is 0 Å². The number of hydrogen-bond donors (Lipinski definition) is 1. The minimum Gasteiger partial charge on any atom is -0.348 e. The lowest BCUT2D eigenvalue weighted by Crippen LogP contribution is -2.43. The summed E-state index contributed by atoms with van der Waals surface area (Å²) in [5, 5.41) is 3.13. The number of hydrogen-bond acceptors (Lipinski definition) is 4. The van der Waals surface area contributed by atoms with Gasteiger partial charge >= 0.3 is 0 Å². The van der Waals surface area contributed by atoms with E-state index in [4.69, 9.17) is 0 Å². The van der Waals surface area contributed by atoms with E-state index < -0.39 is 0 Å². The van der Waals surface area contributed by atoms with E-state index in [0.29, 0.717) is 4.88 Å². The van der Waals surface area contributed by atoms with E-state index in [0.717, 1.165) is 30.9 Å². The molecule has 0 spiro atoms. The van der Waals surface area contributed by atoms with Gasteiger partial charge < -0.3 is 10.2 Å². The first kappa shape index (κ1) is 16.1. The summed E-state index contributed by atoms with van der Waals surface area (Å²) in [6.45, 7) is 5.30. The molecule has 0 aliphatic carbocycles. The van der Waals surface area contributed by atoms with Gasteiger partial charge in [0, 0.05) is 18.2 Å². The highest BCUT2D eigenvalue weighted by Gasteiger charge is 2.19. The minimum atomic E-state index is -0.0177. The Hall–Kier alpha value is -1.72. The average Bonchev–Trinajstić information content (AvgIpc) is 3.06. The zero-order valence-corrected chi connectivity index (χ0v) is 14.3. The molecule has 5 heteroatoms. The van der Waals surface area contributed by atoms with E-state index in [1.54, 1.807) is 5.51 Å². The highest BCUT2D eigenvalue weighted by molar-refractivity contribution is 7.12. The number of carbonyl (C=O) groups is 1. The third-order valence-corrected chi connectivity index (χ3v) is 5.00. The molecule has 1 saturated heterocycles. The molecule has 1 N–H and O–H groups in total. The highest BCUT2D eigenvalue weighted by Crippen LogP contribution is 2.25. The van der Waals surface area contributed by atoms with Crippen LogP contribution in [-0.4, -0.2) is 41.5 Å². The zero-order chi connectivity index (χ0) is 16.1.